The van der Waals surface area contributed by atoms with Crippen LogP contribution in [0.3, 0.4) is 0 Å². The summed E-state index contributed by atoms with van der Waals surface area (Å²) in [5.74, 6) is 1.22. The maximum Gasteiger partial charge on any atom is 0.182 e. The van der Waals surface area contributed by atoms with Gasteiger partial charge in [0.1, 0.15) is 5.75 Å². The van der Waals surface area contributed by atoms with Gasteiger partial charge in [-0.15, -0.1) is 0 Å². The molecule has 2 aromatic rings. The summed E-state index contributed by atoms with van der Waals surface area (Å²) < 4.78 is 8.18. The first-order valence-electron chi connectivity index (χ1n) is 6.00. The van der Waals surface area contributed by atoms with E-state index in [4.69, 9.17) is 17.0 Å². The van der Waals surface area contributed by atoms with Crippen molar-refractivity contribution in [2.75, 3.05) is 7.11 Å². The van der Waals surface area contributed by atoms with Gasteiger partial charge < -0.3 is 9.72 Å². The van der Waals surface area contributed by atoms with Crippen molar-refractivity contribution in [1.29, 1.82) is 0 Å². The molecule has 0 radical (unpaired) electrons. The van der Waals surface area contributed by atoms with Crippen LogP contribution in [0.4, 0.5) is 0 Å². The number of rotatable bonds is 3. The molecule has 3 nitrogen and oxygen atoms in total. The number of ether oxygens (including phenoxy) is 1. The van der Waals surface area contributed by atoms with E-state index in [0.29, 0.717) is 10.7 Å². The molecule has 0 atom stereocenters. The molecule has 1 heterocycles. The first-order chi connectivity index (χ1) is 8.54. The van der Waals surface area contributed by atoms with Crippen LogP contribution in [0.1, 0.15) is 31.0 Å². The third-order valence-electron chi connectivity index (χ3n) is 2.97. The fourth-order valence-electron chi connectivity index (χ4n) is 2.03. The number of aryl methyl sites for hydroxylation is 1. The largest absolute Gasteiger partial charge is 0.495 e. The standard InChI is InChI=1S/C14H18N2OS/c1-9(2)12-8-15-14(18)16(12)11-7-10(3)5-6-13(11)17-4/h5-9H,1-4H3,(H,15,18). The molecule has 4 heteroatoms. The normalized spacial score (nSPS) is 10.9. The Morgan fingerprint density at radius 2 is 2.06 bits per heavy atom. The van der Waals surface area contributed by atoms with E-state index in [9.17, 15) is 0 Å². The van der Waals surface area contributed by atoms with Crippen molar-refractivity contribution in [3.05, 3.63) is 40.4 Å². The van der Waals surface area contributed by atoms with E-state index in [0.717, 1.165) is 17.1 Å². The molecule has 18 heavy (non-hydrogen) atoms. The zero-order valence-electron chi connectivity index (χ0n) is 11.2. The molecule has 1 N–H and O–H groups in total. The van der Waals surface area contributed by atoms with Crippen molar-refractivity contribution in [2.24, 2.45) is 0 Å². The van der Waals surface area contributed by atoms with E-state index >= 15 is 0 Å². The molecular weight excluding hydrogens is 244 g/mol. The van der Waals surface area contributed by atoms with Gasteiger partial charge in [-0.05, 0) is 42.8 Å². The van der Waals surface area contributed by atoms with Crippen LogP contribution < -0.4 is 4.74 Å². The van der Waals surface area contributed by atoms with Crippen LogP contribution in [0.5, 0.6) is 5.75 Å². The molecule has 0 saturated carbocycles. The third kappa shape index (κ3) is 2.20. The van der Waals surface area contributed by atoms with Crippen LogP contribution in [-0.4, -0.2) is 16.7 Å². The van der Waals surface area contributed by atoms with Crippen molar-refractivity contribution >= 4 is 12.2 Å². The molecule has 2 rings (SSSR count). The van der Waals surface area contributed by atoms with Gasteiger partial charge in [-0.25, -0.2) is 0 Å². The number of benzene rings is 1. The lowest BCUT2D eigenvalue weighted by atomic mass is 10.1. The zero-order chi connectivity index (χ0) is 13.3. The number of hydrogen-bond donors (Lipinski definition) is 1. The number of imidazole rings is 1. The molecule has 0 saturated heterocycles. The summed E-state index contributed by atoms with van der Waals surface area (Å²) in [4.78, 5) is 3.11. The summed E-state index contributed by atoms with van der Waals surface area (Å²) in [5.41, 5.74) is 3.33. The highest BCUT2D eigenvalue weighted by Gasteiger charge is 2.13. The Balaban J connectivity index is 2.72. The number of hydrogen-bond acceptors (Lipinski definition) is 2. The minimum Gasteiger partial charge on any atom is -0.495 e. The van der Waals surface area contributed by atoms with Crippen molar-refractivity contribution in [2.45, 2.75) is 26.7 Å². The number of aromatic nitrogens is 2. The number of nitrogens with zero attached hydrogens (tertiary/aromatic N) is 1. The van der Waals surface area contributed by atoms with Crippen LogP contribution >= 0.6 is 12.2 Å². The number of H-pyrrole nitrogens is 1. The first kappa shape index (κ1) is 12.9. The average Bonchev–Trinajstić information content (AvgIpc) is 2.71. The summed E-state index contributed by atoms with van der Waals surface area (Å²) in [6.45, 7) is 6.36. The highest BCUT2D eigenvalue weighted by molar-refractivity contribution is 7.71. The van der Waals surface area contributed by atoms with Gasteiger partial charge in [0.05, 0.1) is 12.8 Å². The fourth-order valence-corrected chi connectivity index (χ4v) is 2.29. The molecule has 96 valence electrons. The average molecular weight is 262 g/mol. The Morgan fingerprint density at radius 1 is 1.33 bits per heavy atom. The van der Waals surface area contributed by atoms with E-state index in [1.807, 2.05) is 22.9 Å². The van der Waals surface area contributed by atoms with Crippen LogP contribution in [0, 0.1) is 11.7 Å². The van der Waals surface area contributed by atoms with Gasteiger partial charge in [0.2, 0.25) is 0 Å². The highest BCUT2D eigenvalue weighted by Crippen LogP contribution is 2.28. The third-order valence-corrected chi connectivity index (χ3v) is 3.27. The summed E-state index contributed by atoms with van der Waals surface area (Å²) >= 11 is 5.38. The Hall–Kier alpha value is -1.55. The molecule has 0 aliphatic carbocycles. The second kappa shape index (κ2) is 4.98. The summed E-state index contributed by atoms with van der Waals surface area (Å²) in [7, 11) is 1.68. The highest BCUT2D eigenvalue weighted by atomic mass is 32.1. The molecule has 0 amide bonds. The quantitative estimate of drug-likeness (QED) is 0.848. The van der Waals surface area contributed by atoms with Crippen molar-refractivity contribution in [1.82, 2.24) is 9.55 Å². The zero-order valence-corrected chi connectivity index (χ0v) is 12.0. The van der Waals surface area contributed by atoms with Crippen molar-refractivity contribution < 1.29 is 4.74 Å². The minimum atomic E-state index is 0.392. The smallest absolute Gasteiger partial charge is 0.182 e. The lowest BCUT2D eigenvalue weighted by Crippen LogP contribution is -2.04. The summed E-state index contributed by atoms with van der Waals surface area (Å²) in [6.07, 6.45) is 1.97. The van der Waals surface area contributed by atoms with E-state index < -0.39 is 0 Å². The van der Waals surface area contributed by atoms with Gasteiger partial charge in [0.25, 0.3) is 0 Å². The molecule has 1 aromatic carbocycles. The topological polar surface area (TPSA) is 29.9 Å². The SMILES string of the molecule is COc1ccc(C)cc1-n1c(C(C)C)c[nH]c1=S. The van der Waals surface area contributed by atoms with Crippen molar-refractivity contribution in [3.8, 4) is 11.4 Å². The van der Waals surface area contributed by atoms with Gasteiger partial charge in [-0.1, -0.05) is 19.9 Å². The second-order valence-electron chi connectivity index (χ2n) is 4.68. The van der Waals surface area contributed by atoms with Crippen LogP contribution in [-0.2, 0) is 0 Å². The van der Waals surface area contributed by atoms with Crippen LogP contribution in [0.25, 0.3) is 5.69 Å². The first-order valence-corrected chi connectivity index (χ1v) is 6.40. The fraction of sp³-hybridized carbons (Fsp3) is 0.357. The Morgan fingerprint density at radius 3 is 2.67 bits per heavy atom. The molecule has 0 unspecified atom stereocenters. The monoisotopic (exact) mass is 262 g/mol. The molecular formula is C14H18N2OS. The molecule has 0 spiro atoms. The maximum atomic E-state index is 5.43. The van der Waals surface area contributed by atoms with E-state index in [2.05, 4.69) is 31.8 Å². The minimum absolute atomic E-state index is 0.392. The number of aromatic amines is 1. The van der Waals surface area contributed by atoms with Gasteiger partial charge in [0.15, 0.2) is 4.77 Å². The van der Waals surface area contributed by atoms with E-state index in [-0.39, 0.29) is 0 Å². The van der Waals surface area contributed by atoms with E-state index in [1.54, 1.807) is 7.11 Å². The molecule has 0 aliphatic heterocycles. The van der Waals surface area contributed by atoms with E-state index in [1.165, 1.54) is 5.56 Å². The van der Waals surface area contributed by atoms with Gasteiger partial charge in [0, 0.05) is 11.9 Å². The summed E-state index contributed by atoms with van der Waals surface area (Å²) in [5, 5.41) is 0. The Kier molecular flexibility index (Phi) is 3.57. The van der Waals surface area contributed by atoms with Gasteiger partial charge in [-0.3, -0.25) is 4.57 Å². The summed E-state index contributed by atoms with van der Waals surface area (Å²) in [6, 6.07) is 6.10. The van der Waals surface area contributed by atoms with Gasteiger partial charge in [-0.2, -0.15) is 0 Å². The van der Waals surface area contributed by atoms with Gasteiger partial charge >= 0.3 is 0 Å². The second-order valence-corrected chi connectivity index (χ2v) is 5.07. The number of nitrogens with one attached hydrogen (secondary N) is 1. The lowest BCUT2D eigenvalue weighted by molar-refractivity contribution is 0.412. The maximum absolute atomic E-state index is 5.43. The predicted molar refractivity (Wildman–Crippen MR) is 76.3 cm³/mol. The molecule has 0 fully saturated rings. The van der Waals surface area contributed by atoms with Crippen molar-refractivity contribution in [3.63, 3.8) is 0 Å². The Bertz CT molecular complexity index is 610. The molecule has 0 aliphatic rings. The van der Waals surface area contributed by atoms with Crippen LogP contribution in [0.15, 0.2) is 24.4 Å². The Labute approximate surface area is 112 Å². The molecule has 1 aromatic heterocycles. The molecule has 0 bridgehead atoms. The number of methoxy groups -OCH3 is 1. The van der Waals surface area contributed by atoms with Crippen LogP contribution in [0.2, 0.25) is 0 Å². The lowest BCUT2D eigenvalue weighted by Gasteiger charge is -2.15. The predicted octanol–water partition coefficient (Wildman–Crippen LogP) is 3.98.